The molecule has 3 heterocycles. The number of hydrogen-bond donors (Lipinski definition) is 1. The molecule has 182 valence electrons. The van der Waals surface area contributed by atoms with Crippen LogP contribution in [0.15, 0.2) is 72.9 Å². The number of piperazine rings is 1. The van der Waals surface area contributed by atoms with E-state index in [0.29, 0.717) is 29.5 Å². The van der Waals surface area contributed by atoms with Gasteiger partial charge in [0.05, 0.1) is 17.9 Å². The number of amides is 5. The Hall–Kier alpha value is -3.91. The van der Waals surface area contributed by atoms with Gasteiger partial charge >= 0.3 is 12.1 Å². The summed E-state index contributed by atoms with van der Waals surface area (Å²) in [5.41, 5.74) is 3.08. The summed E-state index contributed by atoms with van der Waals surface area (Å²) in [5.74, 6) is -0.0442. The maximum atomic E-state index is 13.3. The third-order valence-corrected chi connectivity index (χ3v) is 7.34. The molecule has 5 amide bonds. The molecule has 2 aliphatic heterocycles. The summed E-state index contributed by atoms with van der Waals surface area (Å²) in [4.78, 5) is 48.6. The van der Waals surface area contributed by atoms with Crippen LogP contribution in [0.5, 0.6) is 0 Å². The van der Waals surface area contributed by atoms with E-state index in [-0.39, 0.29) is 36.5 Å². The van der Waals surface area contributed by atoms with Crippen molar-refractivity contribution in [1.82, 2.24) is 19.7 Å². The van der Waals surface area contributed by atoms with Crippen LogP contribution < -0.4 is 5.32 Å². The van der Waals surface area contributed by atoms with Gasteiger partial charge in [0.15, 0.2) is 0 Å². The lowest BCUT2D eigenvalue weighted by atomic mass is 10.1. The number of nitrogens with zero attached hydrogens (tertiary/aromatic N) is 4. The standard InChI is InChI=1S/C27H24ClN5O3/c28-19-9-4-8-18(14-19)24-21(10-5-11-29-24)30-26(35)31-12-13-32-23(16-31)25(34)33(27(32)36)22-15-20(22)17-6-2-1-3-7-17/h1-11,14,20,22-23H,12-13,15-16H2,(H,30,35). The largest absolute Gasteiger partial charge is 0.327 e. The van der Waals surface area contributed by atoms with Crippen molar-refractivity contribution < 1.29 is 14.4 Å². The number of benzene rings is 2. The van der Waals surface area contributed by atoms with Crippen molar-refractivity contribution in [3.63, 3.8) is 0 Å². The fourth-order valence-corrected chi connectivity index (χ4v) is 5.39. The van der Waals surface area contributed by atoms with Crippen molar-refractivity contribution in [2.24, 2.45) is 0 Å². The van der Waals surface area contributed by atoms with Gasteiger partial charge in [-0.05, 0) is 36.2 Å². The number of halogens is 1. The third kappa shape index (κ3) is 3.97. The summed E-state index contributed by atoms with van der Waals surface area (Å²) in [6, 6.07) is 19.4. The van der Waals surface area contributed by atoms with Crippen LogP contribution in [-0.2, 0) is 4.79 Å². The van der Waals surface area contributed by atoms with Gasteiger partial charge in [0.25, 0.3) is 5.91 Å². The molecule has 8 nitrogen and oxygen atoms in total. The molecule has 3 aliphatic rings. The quantitative estimate of drug-likeness (QED) is 0.535. The zero-order valence-corrected chi connectivity index (χ0v) is 20.1. The van der Waals surface area contributed by atoms with E-state index >= 15 is 0 Å². The van der Waals surface area contributed by atoms with E-state index in [0.717, 1.165) is 17.5 Å². The van der Waals surface area contributed by atoms with Crippen LogP contribution in [0.25, 0.3) is 11.3 Å². The summed E-state index contributed by atoms with van der Waals surface area (Å²) in [7, 11) is 0. The highest BCUT2D eigenvalue weighted by Crippen LogP contribution is 2.46. The van der Waals surface area contributed by atoms with Gasteiger partial charge in [0.1, 0.15) is 6.04 Å². The first-order chi connectivity index (χ1) is 17.5. The Morgan fingerprint density at radius 1 is 1.00 bits per heavy atom. The molecule has 6 rings (SSSR count). The molecule has 1 aromatic heterocycles. The zero-order chi connectivity index (χ0) is 24.8. The van der Waals surface area contributed by atoms with E-state index < -0.39 is 6.04 Å². The molecular weight excluding hydrogens is 478 g/mol. The number of rotatable bonds is 4. The highest BCUT2D eigenvalue weighted by molar-refractivity contribution is 6.30. The Labute approximate surface area is 213 Å². The van der Waals surface area contributed by atoms with Crippen LogP contribution in [-0.4, -0.2) is 69.4 Å². The molecule has 3 atom stereocenters. The second-order valence-corrected chi connectivity index (χ2v) is 9.74. The Bertz CT molecular complexity index is 1350. The predicted molar refractivity (Wildman–Crippen MR) is 136 cm³/mol. The van der Waals surface area contributed by atoms with Crippen molar-refractivity contribution >= 4 is 35.3 Å². The van der Waals surface area contributed by atoms with Crippen molar-refractivity contribution in [2.75, 3.05) is 25.0 Å². The van der Waals surface area contributed by atoms with Crippen LogP contribution in [0.1, 0.15) is 17.9 Å². The Morgan fingerprint density at radius 3 is 2.64 bits per heavy atom. The van der Waals surface area contributed by atoms with E-state index in [9.17, 15) is 14.4 Å². The number of urea groups is 2. The number of aromatic nitrogens is 1. The summed E-state index contributed by atoms with van der Waals surface area (Å²) in [6.45, 7) is 0.813. The molecule has 3 fully saturated rings. The van der Waals surface area contributed by atoms with Crippen LogP contribution in [0.4, 0.5) is 15.3 Å². The van der Waals surface area contributed by atoms with Crippen LogP contribution in [0.2, 0.25) is 5.02 Å². The van der Waals surface area contributed by atoms with Gasteiger partial charge in [-0.2, -0.15) is 0 Å². The van der Waals surface area contributed by atoms with Gasteiger partial charge < -0.3 is 15.1 Å². The Kier molecular flexibility index (Phi) is 5.60. The number of anilines is 1. The van der Waals surface area contributed by atoms with Crippen LogP contribution >= 0.6 is 11.6 Å². The summed E-state index contributed by atoms with van der Waals surface area (Å²) < 4.78 is 0. The highest BCUT2D eigenvalue weighted by atomic mass is 35.5. The minimum atomic E-state index is -0.657. The topological polar surface area (TPSA) is 85.8 Å². The molecule has 1 aliphatic carbocycles. The molecule has 1 N–H and O–H groups in total. The third-order valence-electron chi connectivity index (χ3n) is 7.11. The predicted octanol–water partition coefficient (Wildman–Crippen LogP) is 4.44. The number of carbonyl (C=O) groups excluding carboxylic acids is 3. The summed E-state index contributed by atoms with van der Waals surface area (Å²) in [6.07, 6.45) is 2.43. The van der Waals surface area contributed by atoms with E-state index in [1.165, 1.54) is 4.90 Å². The molecule has 2 aromatic carbocycles. The summed E-state index contributed by atoms with van der Waals surface area (Å²) >= 11 is 6.14. The average molecular weight is 502 g/mol. The van der Waals surface area contributed by atoms with Crippen molar-refractivity contribution in [3.8, 4) is 11.3 Å². The molecule has 9 heteroatoms. The second-order valence-electron chi connectivity index (χ2n) is 9.31. The van der Waals surface area contributed by atoms with E-state index in [1.807, 2.05) is 42.5 Å². The number of carbonyl (C=O) groups is 3. The second kappa shape index (κ2) is 8.95. The minimum Gasteiger partial charge on any atom is -0.320 e. The number of pyridine rings is 1. The van der Waals surface area contributed by atoms with Gasteiger partial charge in [-0.25, -0.2) is 9.59 Å². The summed E-state index contributed by atoms with van der Waals surface area (Å²) in [5, 5.41) is 3.51. The number of nitrogens with one attached hydrogen (secondary N) is 1. The van der Waals surface area contributed by atoms with Gasteiger partial charge in [-0.15, -0.1) is 0 Å². The molecule has 0 radical (unpaired) electrons. The molecular formula is C27H24ClN5O3. The Balaban J connectivity index is 1.15. The minimum absolute atomic E-state index is 0.115. The highest BCUT2D eigenvalue weighted by Gasteiger charge is 2.56. The van der Waals surface area contributed by atoms with Gasteiger partial charge in [-0.1, -0.05) is 54.1 Å². The number of hydrogen-bond acceptors (Lipinski definition) is 4. The average Bonchev–Trinajstić information content (AvgIpc) is 3.65. The first-order valence-electron chi connectivity index (χ1n) is 12.0. The van der Waals surface area contributed by atoms with Crippen molar-refractivity contribution in [1.29, 1.82) is 0 Å². The monoisotopic (exact) mass is 501 g/mol. The lowest BCUT2D eigenvalue weighted by molar-refractivity contribution is -0.129. The SMILES string of the molecule is O=C(Nc1cccnc1-c1cccc(Cl)c1)N1CCN2C(=O)N(C3CC3c3ccccc3)C(=O)C2C1. The first kappa shape index (κ1) is 22.5. The molecule has 0 spiro atoms. The van der Waals surface area contributed by atoms with Crippen molar-refractivity contribution in [2.45, 2.75) is 24.4 Å². The van der Waals surface area contributed by atoms with Gasteiger partial charge in [-0.3, -0.25) is 14.7 Å². The molecule has 1 saturated carbocycles. The first-order valence-corrected chi connectivity index (χ1v) is 12.3. The molecule has 3 unspecified atom stereocenters. The van der Waals surface area contributed by atoms with E-state index in [2.05, 4.69) is 10.3 Å². The molecule has 0 bridgehead atoms. The number of imide groups is 1. The van der Waals surface area contributed by atoms with Crippen LogP contribution in [0.3, 0.4) is 0 Å². The fourth-order valence-electron chi connectivity index (χ4n) is 5.20. The zero-order valence-electron chi connectivity index (χ0n) is 19.4. The van der Waals surface area contributed by atoms with Crippen molar-refractivity contribution in [3.05, 3.63) is 83.5 Å². The van der Waals surface area contributed by atoms with E-state index in [4.69, 9.17) is 11.6 Å². The Morgan fingerprint density at radius 2 is 1.83 bits per heavy atom. The lowest BCUT2D eigenvalue weighted by Crippen LogP contribution is -2.55. The number of fused-ring (bicyclic) bond motifs is 1. The van der Waals surface area contributed by atoms with Gasteiger partial charge in [0.2, 0.25) is 0 Å². The van der Waals surface area contributed by atoms with Gasteiger partial charge in [0, 0.05) is 41.8 Å². The smallest absolute Gasteiger partial charge is 0.320 e. The van der Waals surface area contributed by atoms with E-state index in [1.54, 1.807) is 40.3 Å². The fraction of sp³-hybridized carbons (Fsp3) is 0.259. The normalized spacial score (nSPS) is 23.0. The lowest BCUT2D eigenvalue weighted by Gasteiger charge is -2.35. The maximum Gasteiger partial charge on any atom is 0.327 e. The van der Waals surface area contributed by atoms with Crippen LogP contribution in [0, 0.1) is 0 Å². The molecule has 36 heavy (non-hydrogen) atoms. The molecule has 2 saturated heterocycles. The maximum absolute atomic E-state index is 13.3. The molecule has 3 aromatic rings.